The fourth-order valence-electron chi connectivity index (χ4n) is 2.65. The molecule has 1 aliphatic rings. The monoisotopic (exact) mass is 343 g/mol. The second-order valence-electron chi connectivity index (χ2n) is 5.05. The summed E-state index contributed by atoms with van der Waals surface area (Å²) >= 11 is 3.14. The smallest absolute Gasteiger partial charge is 0.245 e. The molecule has 0 amide bonds. The van der Waals surface area contributed by atoms with Gasteiger partial charge in [0.15, 0.2) is 0 Å². The first-order valence-corrected chi connectivity index (χ1v) is 10.2. The molecule has 1 aromatic carbocycles. The number of benzene rings is 1. The zero-order chi connectivity index (χ0) is 15.0. The molecular formula is C14H17NO3S3. The van der Waals surface area contributed by atoms with Gasteiger partial charge in [-0.15, -0.1) is 11.3 Å². The number of thioether (sulfide) groups is 1. The lowest BCUT2D eigenvalue weighted by atomic mass is 10.2. The summed E-state index contributed by atoms with van der Waals surface area (Å²) in [5, 5.41) is 10.3. The van der Waals surface area contributed by atoms with Crippen LogP contribution in [-0.2, 0) is 16.6 Å². The van der Waals surface area contributed by atoms with E-state index in [1.54, 1.807) is 16.1 Å². The van der Waals surface area contributed by atoms with Crippen molar-refractivity contribution >= 4 is 43.2 Å². The summed E-state index contributed by atoms with van der Waals surface area (Å²) in [5.41, 5.74) is 0. The molecule has 0 bridgehead atoms. The van der Waals surface area contributed by atoms with E-state index in [-0.39, 0.29) is 12.6 Å². The Balaban J connectivity index is 2.18. The fourth-order valence-corrected chi connectivity index (χ4v) is 7.26. The number of rotatable bonds is 3. The fraction of sp³-hybridized carbons (Fsp3) is 0.429. The van der Waals surface area contributed by atoms with E-state index in [1.165, 1.54) is 11.3 Å². The van der Waals surface area contributed by atoms with Gasteiger partial charge in [-0.25, -0.2) is 8.42 Å². The molecule has 0 saturated carbocycles. The maximum absolute atomic E-state index is 13.1. The predicted octanol–water partition coefficient (Wildman–Crippen LogP) is 2.52. The number of fused-ring (bicyclic) bond motifs is 1. The van der Waals surface area contributed by atoms with Gasteiger partial charge in [0.2, 0.25) is 10.0 Å². The zero-order valence-electron chi connectivity index (χ0n) is 11.7. The predicted molar refractivity (Wildman–Crippen MR) is 88.4 cm³/mol. The molecule has 2 heterocycles. The first-order chi connectivity index (χ1) is 10.1. The normalized spacial score (nSPS) is 21.0. The lowest BCUT2D eigenvalue weighted by Gasteiger charge is -2.32. The van der Waals surface area contributed by atoms with Crippen LogP contribution in [-0.4, -0.2) is 41.9 Å². The molecule has 1 fully saturated rings. The van der Waals surface area contributed by atoms with Gasteiger partial charge < -0.3 is 5.11 Å². The Hall–Kier alpha value is -0.600. The minimum absolute atomic E-state index is 0.0149. The summed E-state index contributed by atoms with van der Waals surface area (Å²) in [7, 11) is -3.57. The van der Waals surface area contributed by atoms with Crippen LogP contribution in [0.3, 0.4) is 0 Å². The second-order valence-corrected chi connectivity index (χ2v) is 9.16. The van der Waals surface area contributed by atoms with E-state index in [2.05, 4.69) is 0 Å². The average molecular weight is 343 g/mol. The molecule has 1 saturated heterocycles. The topological polar surface area (TPSA) is 57.6 Å². The molecule has 4 nitrogen and oxygen atoms in total. The van der Waals surface area contributed by atoms with Gasteiger partial charge in [-0.1, -0.05) is 18.2 Å². The number of hydrogen-bond donors (Lipinski definition) is 1. The first-order valence-electron chi connectivity index (χ1n) is 6.76. The lowest BCUT2D eigenvalue weighted by Crippen LogP contribution is -2.44. The van der Waals surface area contributed by atoms with E-state index < -0.39 is 10.0 Å². The van der Waals surface area contributed by atoms with Crippen LogP contribution < -0.4 is 0 Å². The third-order valence-corrected chi connectivity index (χ3v) is 8.25. The van der Waals surface area contributed by atoms with Gasteiger partial charge in [0, 0.05) is 34.2 Å². The Labute approximate surface area is 132 Å². The molecule has 1 aromatic heterocycles. The summed E-state index contributed by atoms with van der Waals surface area (Å²) in [6, 6.07) is 7.43. The van der Waals surface area contributed by atoms with Crippen LogP contribution in [0, 0.1) is 0 Å². The Morgan fingerprint density at radius 2 is 2.14 bits per heavy atom. The Bertz CT molecular complexity index is 754. The van der Waals surface area contributed by atoms with Gasteiger partial charge in [-0.05, 0) is 13.0 Å². The van der Waals surface area contributed by atoms with Crippen LogP contribution in [0.25, 0.3) is 10.1 Å². The van der Waals surface area contributed by atoms with E-state index in [0.717, 1.165) is 21.6 Å². The standard InChI is InChI=1S/C14H17NO3S3/c1-10-9-19-7-6-15(10)21(17,18)14-11-4-2-3-5-12(11)20-13(14)8-16/h2-5,10,16H,6-9H2,1H3. The molecule has 0 spiro atoms. The minimum Gasteiger partial charge on any atom is -0.391 e. The molecule has 7 heteroatoms. The summed E-state index contributed by atoms with van der Waals surface area (Å²) in [5.74, 6) is 1.63. The quantitative estimate of drug-likeness (QED) is 0.930. The van der Waals surface area contributed by atoms with Crippen molar-refractivity contribution in [3.63, 3.8) is 0 Å². The summed E-state index contributed by atoms with van der Waals surface area (Å²) in [4.78, 5) is 0.825. The Morgan fingerprint density at radius 1 is 1.38 bits per heavy atom. The summed E-state index contributed by atoms with van der Waals surface area (Å²) in [6.45, 7) is 2.23. The van der Waals surface area contributed by atoms with Crippen LogP contribution in [0.1, 0.15) is 11.8 Å². The number of sulfonamides is 1. The van der Waals surface area contributed by atoms with E-state index in [0.29, 0.717) is 16.3 Å². The van der Waals surface area contributed by atoms with E-state index >= 15 is 0 Å². The van der Waals surface area contributed by atoms with Crippen molar-refractivity contribution in [2.24, 2.45) is 0 Å². The highest BCUT2D eigenvalue weighted by Crippen LogP contribution is 2.37. The molecule has 21 heavy (non-hydrogen) atoms. The maximum Gasteiger partial charge on any atom is 0.245 e. The number of aliphatic hydroxyl groups is 1. The van der Waals surface area contributed by atoms with Crippen molar-refractivity contribution in [1.82, 2.24) is 4.31 Å². The van der Waals surface area contributed by atoms with Crippen LogP contribution in [0.2, 0.25) is 0 Å². The molecule has 1 aliphatic heterocycles. The van der Waals surface area contributed by atoms with Crippen molar-refractivity contribution in [3.05, 3.63) is 29.1 Å². The largest absolute Gasteiger partial charge is 0.391 e. The van der Waals surface area contributed by atoms with Gasteiger partial charge in [-0.3, -0.25) is 0 Å². The van der Waals surface area contributed by atoms with Gasteiger partial charge >= 0.3 is 0 Å². The third kappa shape index (κ3) is 2.61. The van der Waals surface area contributed by atoms with Crippen LogP contribution in [0.15, 0.2) is 29.2 Å². The van der Waals surface area contributed by atoms with Crippen LogP contribution >= 0.6 is 23.1 Å². The number of aliphatic hydroxyl groups excluding tert-OH is 1. The average Bonchev–Trinajstić information content (AvgIpc) is 2.86. The number of nitrogens with zero attached hydrogens (tertiary/aromatic N) is 1. The third-order valence-electron chi connectivity index (χ3n) is 3.64. The number of thiophene rings is 1. The molecule has 1 atom stereocenters. The Morgan fingerprint density at radius 3 is 2.86 bits per heavy atom. The molecule has 2 aromatic rings. The molecule has 114 valence electrons. The molecule has 1 N–H and O–H groups in total. The van der Waals surface area contributed by atoms with Gasteiger partial charge in [0.05, 0.1) is 11.5 Å². The summed E-state index contributed by atoms with van der Waals surface area (Å²) < 4.78 is 28.6. The molecular weight excluding hydrogens is 326 g/mol. The molecule has 0 radical (unpaired) electrons. The van der Waals surface area contributed by atoms with E-state index in [9.17, 15) is 13.5 Å². The van der Waals surface area contributed by atoms with Gasteiger partial charge in [0.25, 0.3) is 0 Å². The summed E-state index contributed by atoms with van der Waals surface area (Å²) in [6.07, 6.45) is 0. The lowest BCUT2D eigenvalue weighted by molar-refractivity contribution is 0.282. The van der Waals surface area contributed by atoms with Crippen LogP contribution in [0.5, 0.6) is 0 Å². The minimum atomic E-state index is -3.57. The first kappa shape index (κ1) is 15.3. The molecule has 0 aliphatic carbocycles. The van der Waals surface area contributed by atoms with Crippen molar-refractivity contribution < 1.29 is 13.5 Å². The van der Waals surface area contributed by atoms with E-state index in [1.807, 2.05) is 31.2 Å². The second kappa shape index (κ2) is 5.89. The Kier molecular flexibility index (Phi) is 4.29. The number of hydrogen-bond acceptors (Lipinski definition) is 5. The highest BCUT2D eigenvalue weighted by molar-refractivity contribution is 7.99. The van der Waals surface area contributed by atoms with E-state index in [4.69, 9.17) is 0 Å². The van der Waals surface area contributed by atoms with Crippen molar-refractivity contribution in [1.29, 1.82) is 0 Å². The van der Waals surface area contributed by atoms with Gasteiger partial charge in [0.1, 0.15) is 4.90 Å². The maximum atomic E-state index is 13.1. The highest BCUT2D eigenvalue weighted by atomic mass is 32.2. The zero-order valence-corrected chi connectivity index (χ0v) is 14.1. The SMILES string of the molecule is CC1CSCCN1S(=O)(=O)c1c(CO)sc2ccccc12. The van der Waals surface area contributed by atoms with Crippen molar-refractivity contribution in [2.75, 3.05) is 18.1 Å². The molecule has 3 rings (SSSR count). The molecule has 1 unspecified atom stereocenters. The van der Waals surface area contributed by atoms with Crippen molar-refractivity contribution in [3.8, 4) is 0 Å². The van der Waals surface area contributed by atoms with Crippen molar-refractivity contribution in [2.45, 2.75) is 24.5 Å². The van der Waals surface area contributed by atoms with Crippen LogP contribution in [0.4, 0.5) is 0 Å². The van der Waals surface area contributed by atoms with Gasteiger partial charge in [-0.2, -0.15) is 16.1 Å². The highest BCUT2D eigenvalue weighted by Gasteiger charge is 2.34.